The van der Waals surface area contributed by atoms with Gasteiger partial charge in [0, 0.05) is 29.8 Å². The maximum absolute atomic E-state index is 12.5. The molecule has 0 aromatic heterocycles. The Bertz CT molecular complexity index is 1300. The average Bonchev–Trinajstić information content (AvgIpc) is 3.22. The lowest BCUT2D eigenvalue weighted by Crippen LogP contribution is -2.52. The lowest BCUT2D eigenvalue weighted by molar-refractivity contribution is -0.136. The van der Waals surface area contributed by atoms with Gasteiger partial charge in [-0.05, 0) is 81.4 Å². The summed E-state index contributed by atoms with van der Waals surface area (Å²) in [5, 5.41) is 11.6. The van der Waals surface area contributed by atoms with Crippen LogP contribution in [0.15, 0.2) is 73.3 Å². The van der Waals surface area contributed by atoms with Crippen molar-refractivity contribution in [3.63, 3.8) is 0 Å². The fraction of sp³-hybridized carbons (Fsp3) is 0.382. The molecule has 0 aliphatic carbocycles. The molecular formula is C34H43N3O4. The van der Waals surface area contributed by atoms with E-state index in [1.807, 2.05) is 39.0 Å². The van der Waals surface area contributed by atoms with Gasteiger partial charge in [0.1, 0.15) is 11.8 Å². The second-order valence-corrected chi connectivity index (χ2v) is 10.5. The zero-order chi connectivity index (χ0) is 30.1. The number of hydrogen-bond donors (Lipinski definition) is 2. The van der Waals surface area contributed by atoms with Crippen molar-refractivity contribution in [3.05, 3.63) is 95.6 Å². The van der Waals surface area contributed by atoms with Gasteiger partial charge < -0.3 is 5.11 Å². The van der Waals surface area contributed by atoms with Crippen LogP contribution in [-0.2, 0) is 9.59 Å². The Morgan fingerprint density at radius 3 is 2.29 bits per heavy atom. The third-order valence-electron chi connectivity index (χ3n) is 7.65. The first-order valence-electron chi connectivity index (χ1n) is 14.4. The van der Waals surface area contributed by atoms with Crippen LogP contribution in [0, 0.1) is 6.92 Å². The van der Waals surface area contributed by atoms with Crippen LogP contribution in [0.1, 0.15) is 79.4 Å². The number of imide groups is 1. The predicted molar refractivity (Wildman–Crippen MR) is 164 cm³/mol. The first-order valence-corrected chi connectivity index (χ1v) is 14.4. The van der Waals surface area contributed by atoms with Gasteiger partial charge in [-0.2, -0.15) is 0 Å². The molecule has 3 heterocycles. The van der Waals surface area contributed by atoms with E-state index in [9.17, 15) is 19.5 Å². The number of phenols is 1. The normalized spacial score (nSPS) is 19.5. The van der Waals surface area contributed by atoms with E-state index in [4.69, 9.17) is 0 Å². The number of nitrogens with one attached hydrogen (secondary N) is 1. The van der Waals surface area contributed by atoms with Crippen LogP contribution in [-0.4, -0.2) is 58.3 Å². The number of nitrogens with zero attached hydrogens (tertiary/aromatic N) is 2. The third-order valence-corrected chi connectivity index (χ3v) is 7.65. The third kappa shape index (κ3) is 7.61. The molecule has 1 unspecified atom stereocenters. The van der Waals surface area contributed by atoms with Gasteiger partial charge in [-0.1, -0.05) is 69.0 Å². The van der Waals surface area contributed by atoms with E-state index in [-0.39, 0.29) is 18.2 Å². The van der Waals surface area contributed by atoms with Crippen molar-refractivity contribution in [1.82, 2.24) is 15.1 Å². The van der Waals surface area contributed by atoms with Crippen molar-refractivity contribution in [1.29, 1.82) is 0 Å². The predicted octanol–water partition coefficient (Wildman–Crippen LogP) is 5.96. The molecule has 0 spiro atoms. The molecule has 0 bridgehead atoms. The number of rotatable bonds is 5. The van der Waals surface area contributed by atoms with Crippen LogP contribution in [0.3, 0.4) is 0 Å². The first kappa shape index (κ1) is 31.6. The van der Waals surface area contributed by atoms with Gasteiger partial charge in [0.2, 0.25) is 11.8 Å². The summed E-state index contributed by atoms with van der Waals surface area (Å²) in [6, 6.07) is 12.5. The molecule has 7 nitrogen and oxygen atoms in total. The molecule has 2 aromatic carbocycles. The maximum Gasteiger partial charge on any atom is 0.259 e. The van der Waals surface area contributed by atoms with E-state index >= 15 is 0 Å². The first-order chi connectivity index (χ1) is 19.7. The number of allylic oxidation sites excluding steroid dienone is 2. The Labute approximate surface area is 244 Å². The number of aromatic hydroxyl groups is 1. The van der Waals surface area contributed by atoms with Gasteiger partial charge >= 0.3 is 0 Å². The number of likely N-dealkylation sites (tertiary alicyclic amines) is 1. The molecule has 1 atom stereocenters. The lowest BCUT2D eigenvalue weighted by atomic mass is 9.89. The van der Waals surface area contributed by atoms with Crippen molar-refractivity contribution in [2.75, 3.05) is 19.6 Å². The Morgan fingerprint density at radius 1 is 1.05 bits per heavy atom. The van der Waals surface area contributed by atoms with E-state index in [1.54, 1.807) is 18.2 Å². The van der Waals surface area contributed by atoms with Crippen LogP contribution >= 0.6 is 0 Å². The fourth-order valence-corrected chi connectivity index (χ4v) is 5.64. The molecule has 7 heteroatoms. The van der Waals surface area contributed by atoms with Crippen LogP contribution in [0.4, 0.5) is 0 Å². The average molecular weight is 558 g/mol. The lowest BCUT2D eigenvalue weighted by Gasteiger charge is -2.32. The summed E-state index contributed by atoms with van der Waals surface area (Å²) in [6.45, 7) is 19.1. The molecule has 2 aromatic rings. The highest BCUT2D eigenvalue weighted by atomic mass is 16.3. The van der Waals surface area contributed by atoms with Crippen molar-refractivity contribution in [2.45, 2.75) is 65.3 Å². The van der Waals surface area contributed by atoms with Gasteiger partial charge in [-0.25, -0.2) is 0 Å². The number of piperidine rings is 2. The zero-order valence-electron chi connectivity index (χ0n) is 24.8. The zero-order valence-corrected chi connectivity index (χ0v) is 24.8. The van der Waals surface area contributed by atoms with E-state index in [0.717, 1.165) is 30.8 Å². The molecule has 3 aliphatic heterocycles. The van der Waals surface area contributed by atoms with Crippen molar-refractivity contribution in [3.8, 4) is 5.75 Å². The number of hydrogen-bond acceptors (Lipinski definition) is 5. The molecule has 2 saturated heterocycles. The summed E-state index contributed by atoms with van der Waals surface area (Å²) in [7, 11) is 0. The van der Waals surface area contributed by atoms with Crippen molar-refractivity contribution < 1.29 is 19.5 Å². The molecule has 41 heavy (non-hydrogen) atoms. The molecule has 2 fully saturated rings. The second-order valence-electron chi connectivity index (χ2n) is 10.5. The molecule has 2 N–H and O–H groups in total. The number of carbonyl (C=O) groups excluding carboxylic acids is 3. The van der Waals surface area contributed by atoms with E-state index in [0.29, 0.717) is 29.3 Å². The van der Waals surface area contributed by atoms with Gasteiger partial charge in [0.05, 0.1) is 0 Å². The van der Waals surface area contributed by atoms with Gasteiger partial charge in [-0.15, -0.1) is 0 Å². The van der Waals surface area contributed by atoms with Crippen molar-refractivity contribution >= 4 is 23.4 Å². The summed E-state index contributed by atoms with van der Waals surface area (Å²) in [5.41, 5.74) is 5.59. The maximum atomic E-state index is 12.5. The summed E-state index contributed by atoms with van der Waals surface area (Å²) < 4.78 is 0. The number of fused-ring (bicyclic) bond motifs is 1. The van der Waals surface area contributed by atoms with Gasteiger partial charge in [0.25, 0.3) is 5.91 Å². The van der Waals surface area contributed by atoms with Gasteiger partial charge in [-0.3, -0.25) is 29.5 Å². The number of aryl methyl sites for hydroxylation is 1. The minimum atomic E-state index is -0.653. The Morgan fingerprint density at radius 2 is 1.71 bits per heavy atom. The number of phenolic OH excluding ortho intramolecular Hbond substituents is 1. The Kier molecular flexibility index (Phi) is 11.2. The highest BCUT2D eigenvalue weighted by Crippen LogP contribution is 2.36. The summed E-state index contributed by atoms with van der Waals surface area (Å²) >= 11 is 0. The van der Waals surface area contributed by atoms with Crippen LogP contribution in [0.2, 0.25) is 0 Å². The van der Waals surface area contributed by atoms with Crippen LogP contribution in [0.25, 0.3) is 5.70 Å². The quantitative estimate of drug-likeness (QED) is 0.350. The molecule has 5 rings (SSSR count). The second kappa shape index (κ2) is 14.6. The molecular weight excluding hydrogens is 514 g/mol. The standard InChI is InChI=1S/C17H23NO.C15H14N2O3.C2H6/c1-3-4-14(2)13-18-11-9-16(10-12-18)15-5-7-17(19)8-6-15;1-8-4-3-5-10-13(8)9(2)17(15(10)20)11-6-7-12(18)16-14(11)19;1-2/h3-8,16,19H,1,9-13H2,2H3;3-5,11H,2,6-7H2,1H3,(H,16,18,19);1-2H3/b14-4+;;. The molecule has 218 valence electrons. The number of carbonyl (C=O) groups is 3. The molecule has 0 saturated carbocycles. The Hall–Kier alpha value is -3.97. The minimum Gasteiger partial charge on any atom is -0.508 e. The fourth-order valence-electron chi connectivity index (χ4n) is 5.64. The van der Waals surface area contributed by atoms with Crippen LogP contribution in [0.5, 0.6) is 5.75 Å². The van der Waals surface area contributed by atoms with E-state index in [2.05, 4.69) is 48.5 Å². The number of amides is 3. The number of benzene rings is 2. The highest BCUT2D eigenvalue weighted by Gasteiger charge is 2.41. The summed E-state index contributed by atoms with van der Waals surface area (Å²) in [4.78, 5) is 39.6. The molecule has 3 amide bonds. The molecule has 3 aliphatic rings. The van der Waals surface area contributed by atoms with Gasteiger partial charge in [0.15, 0.2) is 0 Å². The van der Waals surface area contributed by atoms with Crippen LogP contribution < -0.4 is 5.32 Å². The largest absolute Gasteiger partial charge is 0.508 e. The Balaban J connectivity index is 0.000000213. The van der Waals surface area contributed by atoms with E-state index < -0.39 is 11.9 Å². The van der Waals surface area contributed by atoms with Crippen molar-refractivity contribution in [2.24, 2.45) is 0 Å². The smallest absolute Gasteiger partial charge is 0.259 e. The highest BCUT2D eigenvalue weighted by molar-refractivity contribution is 6.13. The van der Waals surface area contributed by atoms with E-state index in [1.165, 1.54) is 28.9 Å². The monoisotopic (exact) mass is 557 g/mol. The SMILES string of the molecule is C=C/C=C(\C)CN1CCC(c2ccc(O)cc2)CC1.C=C1c2c(C)cccc2C(=O)N1C1CCC(=O)NC1=O.CC. The minimum absolute atomic E-state index is 0.219. The summed E-state index contributed by atoms with van der Waals surface area (Å²) in [6.07, 6.45) is 6.92. The molecule has 0 radical (unpaired) electrons. The summed E-state index contributed by atoms with van der Waals surface area (Å²) in [5.74, 6) is 0.0496. The topological polar surface area (TPSA) is 89.9 Å².